The van der Waals surface area contributed by atoms with Gasteiger partial charge in [-0.2, -0.15) is 0 Å². The molecule has 0 radical (unpaired) electrons. The maximum atomic E-state index is 14.7. The highest BCUT2D eigenvalue weighted by Crippen LogP contribution is 2.43. The van der Waals surface area contributed by atoms with Crippen molar-refractivity contribution in [1.29, 1.82) is 0 Å². The predicted octanol–water partition coefficient (Wildman–Crippen LogP) is 3.85. The molecule has 0 aromatic heterocycles. The van der Waals surface area contributed by atoms with Crippen LogP contribution < -0.4 is 0 Å². The molecule has 3 rings (SSSR count). The molecule has 3 fully saturated rings. The number of aliphatic hydroxyl groups is 3. The Labute approximate surface area is 391 Å². The molecule has 19 nitrogen and oxygen atoms in total. The molecule has 3 aliphatic rings. The molecule has 3 N–H and O–H groups in total. The van der Waals surface area contributed by atoms with Crippen molar-refractivity contribution in [2.75, 3.05) is 34.4 Å². The number of ether oxygens (including phenoxy) is 9. The minimum absolute atomic E-state index is 0.0391. The van der Waals surface area contributed by atoms with Crippen LogP contribution in [0.4, 0.5) is 0 Å². The van der Waals surface area contributed by atoms with Crippen LogP contribution in [0.1, 0.15) is 116 Å². The minimum Gasteiger partial charge on any atom is -0.459 e. The standard InChI is InChI=1S/C47H80N2O17/c1-17-35-47(13,56)40(54)27(4)37(48-66-33(10)53)25(2)23-46(12,58-21-19-18-20-50)41(65-44-39(61-31(8)51)34(49(14)15)22-26(3)59-44)28(5)38(29(6)43(55)63-35)64-36-24-45(11,57-16)42(30(7)60-36)62-32(9)52/h18-19,25-30,34-36,38-42,44,50,54,56H,17,20-24H2,1-16H3/t25-,26-,27+,28+,29-,30+,34+,35-,36?,38+,39-,40-,41-,42+,44+,45-,46-,47-/m1/s1. The van der Waals surface area contributed by atoms with Gasteiger partial charge in [0.25, 0.3) is 0 Å². The molecular formula is C47H80N2O17. The molecule has 0 aromatic carbocycles. The average Bonchev–Trinajstić information content (AvgIpc) is 3.22. The number of cyclic esters (lactones) is 1. The number of nitrogens with zero attached hydrogens (tertiary/aromatic N) is 2. The Morgan fingerprint density at radius 3 is 2.05 bits per heavy atom. The van der Waals surface area contributed by atoms with Crippen molar-refractivity contribution in [3.8, 4) is 0 Å². The topological polar surface area (TPSA) is 237 Å². The Kier molecular flexibility index (Phi) is 21.2. The summed E-state index contributed by atoms with van der Waals surface area (Å²) in [6.45, 7) is 20.6. The van der Waals surface area contributed by atoms with Gasteiger partial charge in [0, 0.05) is 52.1 Å². The van der Waals surface area contributed by atoms with E-state index < -0.39 is 120 Å². The lowest BCUT2D eigenvalue weighted by atomic mass is 9.73. The van der Waals surface area contributed by atoms with E-state index in [2.05, 4.69) is 5.16 Å². The van der Waals surface area contributed by atoms with Gasteiger partial charge in [-0.05, 0) is 74.9 Å². The fraction of sp³-hybridized carbons (Fsp3) is 0.851. The second kappa shape index (κ2) is 24.4. The summed E-state index contributed by atoms with van der Waals surface area (Å²) >= 11 is 0. The van der Waals surface area contributed by atoms with E-state index in [1.165, 1.54) is 40.9 Å². The Hall–Kier alpha value is -3.11. The number of carbonyl (C=O) groups excluding carboxylic acids is 4. The zero-order valence-corrected chi connectivity index (χ0v) is 42.0. The lowest BCUT2D eigenvalue weighted by Crippen LogP contribution is -2.62. The first-order chi connectivity index (χ1) is 30.7. The number of likely N-dealkylation sites (N-methyl/N-ethyl adjacent to an activating group) is 1. The molecule has 0 amide bonds. The largest absolute Gasteiger partial charge is 0.459 e. The first-order valence-electron chi connectivity index (χ1n) is 23.1. The van der Waals surface area contributed by atoms with Crippen LogP contribution in [0, 0.1) is 23.7 Å². The molecule has 3 heterocycles. The third kappa shape index (κ3) is 14.2. The van der Waals surface area contributed by atoms with Crippen molar-refractivity contribution in [3.63, 3.8) is 0 Å². The average molecular weight is 945 g/mol. The molecule has 1 unspecified atom stereocenters. The van der Waals surface area contributed by atoms with Gasteiger partial charge >= 0.3 is 23.9 Å². The normalized spacial score (nSPS) is 41.5. The van der Waals surface area contributed by atoms with Gasteiger partial charge < -0.3 is 67.7 Å². The molecule has 380 valence electrons. The summed E-state index contributed by atoms with van der Waals surface area (Å²) in [5, 5.41) is 38.0. The van der Waals surface area contributed by atoms with Crippen LogP contribution in [0.3, 0.4) is 0 Å². The first kappa shape index (κ1) is 57.2. The van der Waals surface area contributed by atoms with Crippen LogP contribution in [-0.4, -0.2) is 168 Å². The van der Waals surface area contributed by atoms with E-state index in [1.54, 1.807) is 54.5 Å². The Morgan fingerprint density at radius 2 is 1.50 bits per heavy atom. The number of rotatable bonds is 14. The van der Waals surface area contributed by atoms with Gasteiger partial charge in [0.05, 0.1) is 67.0 Å². The van der Waals surface area contributed by atoms with E-state index in [-0.39, 0.29) is 50.3 Å². The summed E-state index contributed by atoms with van der Waals surface area (Å²) < 4.78 is 57.7. The van der Waals surface area contributed by atoms with E-state index in [0.717, 1.165) is 0 Å². The molecule has 18 atom stereocenters. The van der Waals surface area contributed by atoms with Gasteiger partial charge in [-0.15, -0.1) is 0 Å². The molecular weight excluding hydrogens is 865 g/mol. The van der Waals surface area contributed by atoms with Crippen molar-refractivity contribution in [3.05, 3.63) is 12.2 Å². The van der Waals surface area contributed by atoms with Crippen LogP contribution in [0.25, 0.3) is 0 Å². The van der Waals surface area contributed by atoms with Crippen molar-refractivity contribution in [2.45, 2.75) is 200 Å². The van der Waals surface area contributed by atoms with E-state index in [9.17, 15) is 34.5 Å². The molecule has 3 aliphatic heterocycles. The summed E-state index contributed by atoms with van der Waals surface area (Å²) in [4.78, 5) is 59.1. The SMILES string of the molecule is CC[C@H]1OC(=O)[C@H](C)[C@@H](OC2C[C@@](C)(OC)[C@@H](OC(C)=O)[C@H](C)O2)[C@H](C)[C@@H](O[C@@H]2O[C@H](C)C[C@H](N(C)C)[C@H]2OC(C)=O)[C@](C)(OCC=CCO)C[C@@H](C)C(=NOC(C)=O)[C@H](C)[C@@H](O)[C@]1(C)O. The number of carbonyl (C=O) groups is 4. The van der Waals surface area contributed by atoms with Crippen molar-refractivity contribution < 1.29 is 82.0 Å². The highest BCUT2D eigenvalue weighted by molar-refractivity contribution is 5.89. The van der Waals surface area contributed by atoms with E-state index in [4.69, 9.17) is 47.5 Å². The van der Waals surface area contributed by atoms with Gasteiger partial charge in [0.15, 0.2) is 24.8 Å². The van der Waals surface area contributed by atoms with E-state index in [0.29, 0.717) is 6.42 Å². The number of methoxy groups -OCH3 is 1. The van der Waals surface area contributed by atoms with Crippen LogP contribution >= 0.6 is 0 Å². The molecule has 0 saturated carbocycles. The third-order valence-electron chi connectivity index (χ3n) is 13.4. The molecule has 19 heteroatoms. The third-order valence-corrected chi connectivity index (χ3v) is 13.4. The number of hydrogen-bond donors (Lipinski definition) is 3. The first-order valence-corrected chi connectivity index (χ1v) is 23.1. The fourth-order valence-electron chi connectivity index (χ4n) is 9.90. The molecule has 0 bridgehead atoms. The molecule has 3 saturated heterocycles. The molecule has 0 aliphatic carbocycles. The second-order valence-corrected chi connectivity index (χ2v) is 19.3. The van der Waals surface area contributed by atoms with Crippen LogP contribution in [-0.2, 0) is 66.6 Å². The Balaban J connectivity index is 2.44. The fourth-order valence-corrected chi connectivity index (χ4v) is 9.90. The molecule has 0 aromatic rings. The van der Waals surface area contributed by atoms with Crippen LogP contribution in [0.15, 0.2) is 17.3 Å². The van der Waals surface area contributed by atoms with E-state index >= 15 is 0 Å². The maximum Gasteiger partial charge on any atom is 0.331 e. The Morgan fingerprint density at radius 1 is 0.864 bits per heavy atom. The van der Waals surface area contributed by atoms with Crippen LogP contribution in [0.2, 0.25) is 0 Å². The van der Waals surface area contributed by atoms with Crippen LogP contribution in [0.5, 0.6) is 0 Å². The summed E-state index contributed by atoms with van der Waals surface area (Å²) in [5.74, 6) is -6.27. The highest BCUT2D eigenvalue weighted by atomic mass is 16.7. The number of aliphatic hydroxyl groups excluding tert-OH is 2. The van der Waals surface area contributed by atoms with Crippen molar-refractivity contribution >= 4 is 29.6 Å². The number of esters is 3. The minimum atomic E-state index is -2.05. The Bertz CT molecular complexity index is 1680. The number of oxime groups is 1. The van der Waals surface area contributed by atoms with Gasteiger partial charge in [0.1, 0.15) is 17.3 Å². The van der Waals surface area contributed by atoms with Gasteiger partial charge in [-0.1, -0.05) is 45.0 Å². The molecule has 66 heavy (non-hydrogen) atoms. The highest BCUT2D eigenvalue weighted by Gasteiger charge is 2.55. The smallest absolute Gasteiger partial charge is 0.331 e. The zero-order chi connectivity index (χ0) is 50.1. The zero-order valence-electron chi connectivity index (χ0n) is 42.0. The lowest BCUT2D eigenvalue weighted by molar-refractivity contribution is -0.321. The second-order valence-electron chi connectivity index (χ2n) is 19.3. The summed E-state index contributed by atoms with van der Waals surface area (Å²) in [7, 11) is 5.22. The molecule has 0 spiro atoms. The monoisotopic (exact) mass is 945 g/mol. The summed E-state index contributed by atoms with van der Waals surface area (Å²) in [5.41, 5.74) is -4.43. The summed E-state index contributed by atoms with van der Waals surface area (Å²) in [6, 6.07) is -0.353. The van der Waals surface area contributed by atoms with Gasteiger partial charge in [0.2, 0.25) is 0 Å². The van der Waals surface area contributed by atoms with Crippen molar-refractivity contribution in [2.24, 2.45) is 28.8 Å². The van der Waals surface area contributed by atoms with E-state index in [1.807, 2.05) is 32.8 Å². The van der Waals surface area contributed by atoms with Gasteiger partial charge in [-0.3, -0.25) is 14.4 Å². The summed E-state index contributed by atoms with van der Waals surface area (Å²) in [6.07, 6.45) is -6.46. The van der Waals surface area contributed by atoms with Gasteiger partial charge in [-0.25, -0.2) is 4.79 Å². The quantitative estimate of drug-likeness (QED) is 0.0737. The number of hydrogen-bond acceptors (Lipinski definition) is 19. The lowest BCUT2D eigenvalue weighted by Gasteiger charge is -2.50. The maximum absolute atomic E-state index is 14.7. The van der Waals surface area contributed by atoms with Crippen molar-refractivity contribution in [1.82, 2.24) is 4.90 Å². The predicted molar refractivity (Wildman–Crippen MR) is 240 cm³/mol.